The van der Waals surface area contributed by atoms with Gasteiger partial charge in [0.2, 0.25) is 0 Å². The Morgan fingerprint density at radius 3 is 2.42 bits per heavy atom. The highest BCUT2D eigenvalue weighted by molar-refractivity contribution is 5.94. The quantitative estimate of drug-likeness (QED) is 0.714. The molecule has 0 spiro atoms. The molecule has 0 unspecified atom stereocenters. The summed E-state index contributed by atoms with van der Waals surface area (Å²) in [6.45, 7) is 10.2. The van der Waals surface area contributed by atoms with E-state index in [1.807, 2.05) is 25.1 Å². The van der Waals surface area contributed by atoms with Crippen LogP contribution in [0.4, 0.5) is 5.69 Å². The highest BCUT2D eigenvalue weighted by atomic mass is 16.1. The Kier molecular flexibility index (Phi) is 5.36. The molecule has 0 aromatic heterocycles. The maximum absolute atomic E-state index is 11.5. The minimum Gasteiger partial charge on any atom is -0.384 e. The van der Waals surface area contributed by atoms with E-state index in [2.05, 4.69) is 36.7 Å². The number of benzene rings is 1. The number of carbonyl (C=O) groups excluding carboxylic acids is 1. The predicted octanol–water partition coefficient (Wildman–Crippen LogP) is 2.15. The van der Waals surface area contributed by atoms with Crippen LogP contribution in [0.2, 0.25) is 0 Å². The molecule has 1 amide bonds. The van der Waals surface area contributed by atoms with Crippen molar-refractivity contribution in [2.75, 3.05) is 25.5 Å². The second-order valence-electron chi connectivity index (χ2n) is 5.71. The Labute approximate surface area is 116 Å². The van der Waals surface area contributed by atoms with E-state index in [4.69, 9.17) is 0 Å². The van der Waals surface area contributed by atoms with Gasteiger partial charge in [0.05, 0.1) is 0 Å². The maximum atomic E-state index is 11.5. The molecule has 19 heavy (non-hydrogen) atoms. The van der Waals surface area contributed by atoms with Crippen molar-refractivity contribution >= 4 is 11.6 Å². The van der Waals surface area contributed by atoms with Gasteiger partial charge < -0.3 is 16.0 Å². The average Bonchev–Trinajstić information content (AvgIpc) is 2.33. The van der Waals surface area contributed by atoms with E-state index >= 15 is 0 Å². The van der Waals surface area contributed by atoms with Crippen molar-refractivity contribution in [3.05, 3.63) is 29.3 Å². The van der Waals surface area contributed by atoms with Gasteiger partial charge in [-0.2, -0.15) is 0 Å². The van der Waals surface area contributed by atoms with Crippen LogP contribution in [0.25, 0.3) is 0 Å². The highest BCUT2D eigenvalue weighted by Gasteiger charge is 2.08. The number of nitrogens with one attached hydrogen (secondary N) is 3. The average molecular weight is 263 g/mol. The fourth-order valence-corrected chi connectivity index (χ4v) is 1.78. The van der Waals surface area contributed by atoms with Crippen LogP contribution in [0.3, 0.4) is 0 Å². The second kappa shape index (κ2) is 6.57. The van der Waals surface area contributed by atoms with E-state index in [0.29, 0.717) is 5.56 Å². The first-order valence-electron chi connectivity index (χ1n) is 6.65. The molecule has 4 nitrogen and oxygen atoms in total. The Morgan fingerprint density at radius 2 is 1.89 bits per heavy atom. The maximum Gasteiger partial charge on any atom is 0.251 e. The fourth-order valence-electron chi connectivity index (χ4n) is 1.78. The summed E-state index contributed by atoms with van der Waals surface area (Å²) in [4.78, 5) is 11.5. The molecule has 0 fully saturated rings. The molecule has 0 radical (unpaired) electrons. The molecule has 0 aliphatic carbocycles. The lowest BCUT2D eigenvalue weighted by molar-refractivity contribution is 0.0963. The van der Waals surface area contributed by atoms with Crippen molar-refractivity contribution in [1.82, 2.24) is 10.6 Å². The summed E-state index contributed by atoms with van der Waals surface area (Å²) in [5.74, 6) is -0.0518. The van der Waals surface area contributed by atoms with Gasteiger partial charge in [-0.3, -0.25) is 4.79 Å². The van der Waals surface area contributed by atoms with Crippen molar-refractivity contribution in [2.45, 2.75) is 33.2 Å². The van der Waals surface area contributed by atoms with Gasteiger partial charge in [0, 0.05) is 36.9 Å². The zero-order chi connectivity index (χ0) is 14.5. The van der Waals surface area contributed by atoms with Crippen molar-refractivity contribution in [2.24, 2.45) is 0 Å². The third-order valence-corrected chi connectivity index (χ3v) is 2.81. The molecule has 0 atom stereocenters. The summed E-state index contributed by atoms with van der Waals surface area (Å²) in [6, 6.07) is 5.70. The van der Waals surface area contributed by atoms with Crippen LogP contribution in [0.15, 0.2) is 18.2 Å². The van der Waals surface area contributed by atoms with Crippen molar-refractivity contribution in [1.29, 1.82) is 0 Å². The van der Waals surface area contributed by atoms with Crippen LogP contribution < -0.4 is 16.0 Å². The number of carbonyl (C=O) groups is 1. The SMILES string of the molecule is CNC(=O)c1ccc(NCCNC(C)(C)C)c(C)c1. The van der Waals surface area contributed by atoms with Gasteiger partial charge >= 0.3 is 0 Å². The monoisotopic (exact) mass is 263 g/mol. The summed E-state index contributed by atoms with van der Waals surface area (Å²) >= 11 is 0. The van der Waals surface area contributed by atoms with Crippen LogP contribution in [-0.2, 0) is 0 Å². The standard InChI is InChI=1S/C15H25N3O/c1-11-10-12(14(19)16-5)6-7-13(11)17-8-9-18-15(2,3)4/h6-7,10,17-18H,8-9H2,1-5H3,(H,16,19). The second-order valence-corrected chi connectivity index (χ2v) is 5.71. The van der Waals surface area contributed by atoms with Crippen LogP contribution >= 0.6 is 0 Å². The van der Waals surface area contributed by atoms with Crippen LogP contribution in [-0.4, -0.2) is 31.6 Å². The third kappa shape index (κ3) is 5.30. The van der Waals surface area contributed by atoms with Gasteiger partial charge in [0.1, 0.15) is 0 Å². The minimum absolute atomic E-state index is 0.0518. The zero-order valence-corrected chi connectivity index (χ0v) is 12.6. The Hall–Kier alpha value is -1.55. The van der Waals surface area contributed by atoms with Gasteiger partial charge in [-0.1, -0.05) is 0 Å². The molecule has 106 valence electrons. The summed E-state index contributed by atoms with van der Waals surface area (Å²) in [5.41, 5.74) is 2.98. The van der Waals surface area contributed by atoms with Crippen LogP contribution in [0.1, 0.15) is 36.7 Å². The Balaban J connectivity index is 2.54. The first-order chi connectivity index (χ1) is 8.83. The summed E-state index contributed by atoms with van der Waals surface area (Å²) < 4.78 is 0. The predicted molar refractivity (Wildman–Crippen MR) is 80.8 cm³/mol. The smallest absolute Gasteiger partial charge is 0.251 e. The molecule has 1 rings (SSSR count). The zero-order valence-electron chi connectivity index (χ0n) is 12.6. The van der Waals surface area contributed by atoms with Crippen molar-refractivity contribution in [3.63, 3.8) is 0 Å². The van der Waals surface area contributed by atoms with Crippen LogP contribution in [0.5, 0.6) is 0 Å². The molecular weight excluding hydrogens is 238 g/mol. The number of hydrogen-bond acceptors (Lipinski definition) is 3. The van der Waals surface area contributed by atoms with E-state index in [1.165, 1.54) is 0 Å². The molecule has 1 aromatic carbocycles. The molecule has 0 aliphatic heterocycles. The highest BCUT2D eigenvalue weighted by Crippen LogP contribution is 2.16. The Bertz CT molecular complexity index is 436. The molecule has 0 aliphatic rings. The minimum atomic E-state index is -0.0518. The Morgan fingerprint density at radius 1 is 1.21 bits per heavy atom. The lowest BCUT2D eigenvalue weighted by Gasteiger charge is -2.21. The lowest BCUT2D eigenvalue weighted by atomic mass is 10.1. The summed E-state index contributed by atoms with van der Waals surface area (Å²) in [7, 11) is 1.64. The molecule has 1 aromatic rings. The molecule has 0 heterocycles. The topological polar surface area (TPSA) is 53.2 Å². The molecule has 0 saturated carbocycles. The number of anilines is 1. The number of hydrogen-bond donors (Lipinski definition) is 3. The lowest BCUT2D eigenvalue weighted by Crippen LogP contribution is -2.38. The molecular formula is C15H25N3O. The first-order valence-corrected chi connectivity index (χ1v) is 6.65. The van der Waals surface area contributed by atoms with Gasteiger partial charge in [0.15, 0.2) is 0 Å². The normalized spacial score (nSPS) is 11.2. The summed E-state index contributed by atoms with van der Waals surface area (Å²) in [6.07, 6.45) is 0. The number of rotatable bonds is 5. The first kappa shape index (κ1) is 15.5. The van der Waals surface area contributed by atoms with Gasteiger partial charge in [-0.15, -0.1) is 0 Å². The largest absolute Gasteiger partial charge is 0.384 e. The van der Waals surface area contributed by atoms with Gasteiger partial charge in [-0.25, -0.2) is 0 Å². The fraction of sp³-hybridized carbons (Fsp3) is 0.533. The third-order valence-electron chi connectivity index (χ3n) is 2.81. The van der Waals surface area contributed by atoms with Crippen LogP contribution in [0, 0.1) is 6.92 Å². The molecule has 3 N–H and O–H groups in total. The van der Waals surface area contributed by atoms with Crippen molar-refractivity contribution in [3.8, 4) is 0 Å². The van der Waals surface area contributed by atoms with Gasteiger partial charge in [-0.05, 0) is 51.5 Å². The van der Waals surface area contributed by atoms with E-state index in [0.717, 1.165) is 24.3 Å². The molecule has 0 bridgehead atoms. The number of aryl methyl sites for hydroxylation is 1. The summed E-state index contributed by atoms with van der Waals surface area (Å²) in [5, 5.41) is 9.43. The molecule has 4 heteroatoms. The number of amides is 1. The van der Waals surface area contributed by atoms with Crippen molar-refractivity contribution < 1.29 is 4.79 Å². The van der Waals surface area contributed by atoms with E-state index < -0.39 is 0 Å². The van der Waals surface area contributed by atoms with E-state index in [9.17, 15) is 4.79 Å². The molecule has 0 saturated heterocycles. The van der Waals surface area contributed by atoms with E-state index in [1.54, 1.807) is 7.05 Å². The van der Waals surface area contributed by atoms with E-state index in [-0.39, 0.29) is 11.4 Å². The van der Waals surface area contributed by atoms with Gasteiger partial charge in [0.25, 0.3) is 5.91 Å².